The van der Waals surface area contributed by atoms with Crippen molar-refractivity contribution >= 4 is 37.9 Å². The molecule has 9 heteroatoms. The van der Waals surface area contributed by atoms with Gasteiger partial charge in [-0.05, 0) is 62.0 Å². The molecule has 1 fully saturated rings. The second-order valence-corrected chi connectivity index (χ2v) is 20.7. The van der Waals surface area contributed by atoms with E-state index in [9.17, 15) is 14.4 Å². The molecule has 0 unspecified atom stereocenters. The Hall–Kier alpha value is -3.40. The molecule has 0 N–H and O–H groups in total. The van der Waals surface area contributed by atoms with Crippen LogP contribution in [-0.2, 0) is 33.0 Å². The van der Waals surface area contributed by atoms with Crippen molar-refractivity contribution in [3.05, 3.63) is 108 Å². The Morgan fingerprint density at radius 3 is 1.66 bits per heavy atom. The predicted octanol–water partition coefficient (Wildman–Crippen LogP) is 8.00. The third-order valence-corrected chi connectivity index (χ3v) is 15.5. The highest BCUT2D eigenvalue weighted by Crippen LogP contribution is 2.54. The molecule has 0 bridgehead atoms. The van der Waals surface area contributed by atoms with Crippen LogP contribution in [0.5, 0.6) is 0 Å². The number of benzene rings is 3. The molecule has 0 radical (unpaired) electrons. The first kappa shape index (κ1) is 36.4. The van der Waals surface area contributed by atoms with E-state index in [1.165, 1.54) is 0 Å². The molecule has 47 heavy (non-hydrogen) atoms. The van der Waals surface area contributed by atoms with Crippen LogP contribution in [-0.4, -0.2) is 56.4 Å². The maximum absolute atomic E-state index is 13.8. The van der Waals surface area contributed by atoms with E-state index in [-0.39, 0.29) is 28.8 Å². The lowest BCUT2D eigenvalue weighted by Crippen LogP contribution is -2.62. The lowest BCUT2D eigenvalue weighted by molar-refractivity contribution is -0.177. The zero-order chi connectivity index (χ0) is 34.5. The quantitative estimate of drug-likeness (QED) is 0.0597. The van der Waals surface area contributed by atoms with Gasteiger partial charge in [0.05, 0.1) is 21.5 Å². The Labute approximate surface area is 285 Å². The molecule has 1 aliphatic heterocycles. The molecule has 1 aliphatic rings. The smallest absolute Gasteiger partial charge is 0.328 e. The van der Waals surface area contributed by atoms with Crippen LogP contribution >= 0.6 is 11.8 Å². The van der Waals surface area contributed by atoms with Crippen molar-refractivity contribution in [3.8, 4) is 0 Å². The Morgan fingerprint density at radius 1 is 0.766 bits per heavy atom. The van der Waals surface area contributed by atoms with E-state index >= 15 is 0 Å². The first-order chi connectivity index (χ1) is 22.1. The minimum Gasteiger partial charge on any atom is -0.427 e. The van der Waals surface area contributed by atoms with Gasteiger partial charge in [0.1, 0.15) is 6.54 Å². The van der Waals surface area contributed by atoms with Gasteiger partial charge in [0.25, 0.3) is 0 Å². The monoisotopic (exact) mass is 675 g/mol. The van der Waals surface area contributed by atoms with Crippen molar-refractivity contribution in [1.29, 1.82) is 0 Å². The van der Waals surface area contributed by atoms with Gasteiger partial charge in [0.2, 0.25) is 12.7 Å². The number of β-lactam (4-membered cyclic amide) rings is 1. The molecule has 1 amide bonds. The Kier molecular flexibility index (Phi) is 11.5. The molecule has 1 heterocycles. The zero-order valence-electron chi connectivity index (χ0n) is 28.9. The maximum Gasteiger partial charge on any atom is 0.328 e. The van der Waals surface area contributed by atoms with Crippen LogP contribution < -0.4 is 0 Å². The van der Waals surface area contributed by atoms with Crippen LogP contribution in [0.2, 0.25) is 18.1 Å². The largest absolute Gasteiger partial charge is 0.427 e. The summed E-state index contributed by atoms with van der Waals surface area (Å²) in [4.78, 5) is 40.7. The van der Waals surface area contributed by atoms with Gasteiger partial charge in [-0.15, -0.1) is 11.8 Å². The van der Waals surface area contributed by atoms with E-state index in [1.807, 2.05) is 54.6 Å². The molecular weight excluding hydrogens is 627 g/mol. The van der Waals surface area contributed by atoms with Gasteiger partial charge in [0.15, 0.2) is 8.32 Å². The van der Waals surface area contributed by atoms with E-state index in [0.717, 1.165) is 16.7 Å². The fraction of sp³-hybridized carbons (Fsp3) is 0.447. The van der Waals surface area contributed by atoms with Gasteiger partial charge in [0, 0.05) is 6.61 Å². The molecule has 4 rings (SSSR count). The van der Waals surface area contributed by atoms with Crippen LogP contribution in [0.15, 0.2) is 91.0 Å². The van der Waals surface area contributed by atoms with Gasteiger partial charge in [-0.3, -0.25) is 14.4 Å². The van der Waals surface area contributed by atoms with E-state index in [2.05, 4.69) is 70.3 Å². The van der Waals surface area contributed by atoms with Gasteiger partial charge in [-0.1, -0.05) is 112 Å². The number of rotatable bonds is 13. The van der Waals surface area contributed by atoms with E-state index < -0.39 is 37.2 Å². The molecule has 0 spiro atoms. The molecule has 0 aromatic heterocycles. The summed E-state index contributed by atoms with van der Waals surface area (Å²) in [5, 5.41) is -0.323. The average Bonchev–Trinajstić information content (AvgIpc) is 3.03. The fourth-order valence-electron chi connectivity index (χ4n) is 5.29. The standard InChI is InChI=1S/C38H49NO6SSi/c1-36(2,3)35(42)44-27-43-32(40)26-39-33(41)31(24-25-45-47(7,8)37(4,5)6)34(39)46-38(28-18-12-9-13-19-28,29-20-14-10-15-21-29)30-22-16-11-17-23-30/h9-23,31,34H,24-27H2,1-8H3/t31-,34+/m0/s1. The highest BCUT2D eigenvalue weighted by atomic mass is 32.2. The van der Waals surface area contributed by atoms with E-state index in [4.69, 9.17) is 13.9 Å². The van der Waals surface area contributed by atoms with Crippen LogP contribution in [0.25, 0.3) is 0 Å². The minimum atomic E-state index is -2.04. The summed E-state index contributed by atoms with van der Waals surface area (Å²) in [5.74, 6) is -1.59. The molecule has 2 atom stereocenters. The SMILES string of the molecule is CC(C)(C)C(=O)OCOC(=O)CN1C(=O)[C@H](CCO[Si](C)(C)C(C)(C)C)[C@H]1SC(c1ccccc1)(c1ccccc1)c1ccccc1. The third kappa shape index (κ3) is 8.37. The number of hydrogen-bond donors (Lipinski definition) is 0. The molecule has 0 saturated carbocycles. The number of thioether (sulfide) groups is 1. The summed E-state index contributed by atoms with van der Waals surface area (Å²) in [5.41, 5.74) is 2.47. The first-order valence-electron chi connectivity index (χ1n) is 16.2. The topological polar surface area (TPSA) is 82.1 Å². The third-order valence-electron chi connectivity index (χ3n) is 9.11. The number of carbonyl (C=O) groups excluding carboxylic acids is 3. The van der Waals surface area contributed by atoms with E-state index in [0.29, 0.717) is 13.0 Å². The van der Waals surface area contributed by atoms with Crippen molar-refractivity contribution in [1.82, 2.24) is 4.90 Å². The average molecular weight is 676 g/mol. The number of carbonyl (C=O) groups is 3. The molecule has 0 aliphatic carbocycles. The van der Waals surface area contributed by atoms with Crippen LogP contribution in [0.1, 0.15) is 64.7 Å². The lowest BCUT2D eigenvalue weighted by atomic mass is 9.84. The second-order valence-electron chi connectivity index (χ2n) is 14.6. The number of hydrogen-bond acceptors (Lipinski definition) is 7. The van der Waals surface area contributed by atoms with Gasteiger partial charge in [-0.25, -0.2) is 0 Å². The van der Waals surface area contributed by atoms with Gasteiger partial charge < -0.3 is 18.8 Å². The highest BCUT2D eigenvalue weighted by molar-refractivity contribution is 8.01. The van der Waals surface area contributed by atoms with Gasteiger partial charge >= 0.3 is 11.9 Å². The summed E-state index contributed by atoms with van der Waals surface area (Å²) in [6.45, 7) is 15.9. The highest BCUT2D eigenvalue weighted by Gasteiger charge is 2.53. The Balaban J connectivity index is 1.69. The van der Waals surface area contributed by atoms with E-state index in [1.54, 1.807) is 37.4 Å². The van der Waals surface area contributed by atoms with Crippen molar-refractivity contribution < 1.29 is 28.3 Å². The molecular formula is C38H49NO6SSi. The number of ether oxygens (including phenoxy) is 2. The predicted molar refractivity (Wildman–Crippen MR) is 190 cm³/mol. The van der Waals surface area contributed by atoms with Crippen molar-refractivity contribution in [2.75, 3.05) is 19.9 Å². The zero-order valence-corrected chi connectivity index (χ0v) is 30.8. The Bertz CT molecular complexity index is 1410. The van der Waals surface area contributed by atoms with Crippen molar-refractivity contribution in [2.24, 2.45) is 11.3 Å². The number of nitrogens with zero attached hydrogens (tertiary/aromatic N) is 1. The Morgan fingerprint density at radius 2 is 1.23 bits per heavy atom. The maximum atomic E-state index is 13.8. The lowest BCUT2D eigenvalue weighted by Gasteiger charge is -2.50. The van der Waals surface area contributed by atoms with Crippen molar-refractivity contribution in [3.63, 3.8) is 0 Å². The fourth-order valence-corrected chi connectivity index (χ4v) is 8.25. The normalized spacial score (nSPS) is 17.2. The number of likely N-dealkylation sites (tertiary alicyclic amines) is 1. The van der Waals surface area contributed by atoms with Crippen LogP contribution in [0, 0.1) is 11.3 Å². The molecule has 252 valence electrons. The number of esters is 2. The molecule has 3 aromatic carbocycles. The minimum absolute atomic E-state index is 0.0418. The van der Waals surface area contributed by atoms with Crippen molar-refractivity contribution in [2.45, 2.75) is 76.2 Å². The van der Waals surface area contributed by atoms with Gasteiger partial charge in [-0.2, -0.15) is 0 Å². The summed E-state index contributed by atoms with van der Waals surface area (Å²) in [6, 6.07) is 30.9. The summed E-state index contributed by atoms with van der Waals surface area (Å²) >= 11 is 1.66. The first-order valence-corrected chi connectivity index (χ1v) is 20.0. The van der Waals surface area contributed by atoms with Crippen LogP contribution in [0.4, 0.5) is 0 Å². The second kappa shape index (κ2) is 14.8. The summed E-state index contributed by atoms with van der Waals surface area (Å²) < 4.78 is 16.3. The molecule has 7 nitrogen and oxygen atoms in total. The number of amides is 1. The molecule has 1 saturated heterocycles. The van der Waals surface area contributed by atoms with Crippen LogP contribution in [0.3, 0.4) is 0 Å². The summed E-state index contributed by atoms with van der Waals surface area (Å²) in [6.07, 6.45) is 0.534. The summed E-state index contributed by atoms with van der Waals surface area (Å²) in [7, 11) is -2.04. The molecule has 3 aromatic rings.